The van der Waals surface area contributed by atoms with Gasteiger partial charge in [-0.25, -0.2) is 4.79 Å². The van der Waals surface area contributed by atoms with Gasteiger partial charge in [0.15, 0.2) is 0 Å². The number of rotatable bonds is 6. The van der Waals surface area contributed by atoms with Gasteiger partial charge in [-0.2, -0.15) is 0 Å². The normalized spacial score (nSPS) is 14.7. The minimum atomic E-state index is -2.68. The maximum Gasteiger partial charge on any atom is 0.336 e. The summed E-state index contributed by atoms with van der Waals surface area (Å²) in [6.07, 6.45) is 0.352. The van der Waals surface area contributed by atoms with E-state index in [4.69, 9.17) is 4.84 Å². The van der Waals surface area contributed by atoms with E-state index >= 15 is 0 Å². The Balaban J connectivity index is 2.37. The zero-order valence-corrected chi connectivity index (χ0v) is 14.7. The van der Waals surface area contributed by atoms with Crippen LogP contribution in [0.15, 0.2) is 59.1 Å². The summed E-state index contributed by atoms with van der Waals surface area (Å²) in [5.41, 5.74) is 0.607. The molecule has 0 fully saturated rings. The highest BCUT2D eigenvalue weighted by atomic mass is 79.9. The Kier molecular flexibility index (Phi) is 6.06. The molecule has 0 spiro atoms. The Morgan fingerprint density at radius 3 is 2.43 bits per heavy atom. The summed E-state index contributed by atoms with van der Waals surface area (Å²) >= 11 is 0.786. The Bertz CT molecular complexity index is 710. The quantitative estimate of drug-likeness (QED) is 0.601. The topological polar surface area (TPSA) is 78.5 Å². The van der Waals surface area contributed by atoms with E-state index in [1.165, 1.54) is 0 Å². The van der Waals surface area contributed by atoms with Crippen molar-refractivity contribution in [1.82, 2.24) is 4.89 Å². The average molecular weight is 397 g/mol. The minimum Gasteiger partial charge on any atom is -0.758 e. The van der Waals surface area contributed by atoms with Crippen LogP contribution in [0.5, 0.6) is 0 Å². The fourth-order valence-electron chi connectivity index (χ4n) is 2.31. The van der Waals surface area contributed by atoms with Gasteiger partial charge in [-0.3, -0.25) is 4.21 Å². The summed E-state index contributed by atoms with van der Waals surface area (Å²) in [5.74, 6) is -0.677. The molecule has 2 atom stereocenters. The highest BCUT2D eigenvalue weighted by Crippen LogP contribution is 2.32. The summed E-state index contributed by atoms with van der Waals surface area (Å²) in [5, 5.41) is 0. The van der Waals surface area contributed by atoms with E-state index in [1.54, 1.807) is 11.8 Å². The fraction of sp³-hybridized carbons (Fsp3) is 0.188. The van der Waals surface area contributed by atoms with Gasteiger partial charge in [-0.15, -0.1) is 0 Å². The molecule has 122 valence electrons. The lowest BCUT2D eigenvalue weighted by molar-refractivity contribution is -0.153. The van der Waals surface area contributed by atoms with Crippen LogP contribution in [-0.2, 0) is 32.7 Å². The molecule has 0 heterocycles. The third-order valence-electron chi connectivity index (χ3n) is 3.57. The molecule has 1 N–H and O–H groups in total. The van der Waals surface area contributed by atoms with Gasteiger partial charge in [-0.1, -0.05) is 69.3 Å². The van der Waals surface area contributed by atoms with Crippen LogP contribution in [0.2, 0.25) is 0 Å². The molecule has 2 aromatic carbocycles. The van der Waals surface area contributed by atoms with E-state index in [-0.39, 0.29) is 0 Å². The predicted octanol–water partition coefficient (Wildman–Crippen LogP) is 2.79. The van der Waals surface area contributed by atoms with Crippen molar-refractivity contribution >= 4 is 33.2 Å². The molecule has 2 unspecified atom stereocenters. The molecule has 0 aliphatic heterocycles. The monoisotopic (exact) mass is 396 g/mol. The Morgan fingerprint density at radius 1 is 1.22 bits per heavy atom. The number of hydrogen-bond donors (Lipinski definition) is 1. The van der Waals surface area contributed by atoms with E-state index in [1.807, 2.05) is 54.6 Å². The molecule has 5 nitrogen and oxygen atoms in total. The van der Waals surface area contributed by atoms with Crippen LogP contribution < -0.4 is 4.89 Å². The van der Waals surface area contributed by atoms with Crippen molar-refractivity contribution in [2.45, 2.75) is 18.8 Å². The van der Waals surface area contributed by atoms with Crippen LogP contribution >= 0.6 is 15.9 Å². The Morgan fingerprint density at radius 2 is 1.83 bits per heavy atom. The van der Waals surface area contributed by atoms with Crippen molar-refractivity contribution in [2.75, 3.05) is 0 Å². The number of carbonyl (C=O) groups is 1. The Labute approximate surface area is 145 Å². The van der Waals surface area contributed by atoms with E-state index in [0.717, 1.165) is 15.6 Å². The molecule has 0 amide bonds. The van der Waals surface area contributed by atoms with Gasteiger partial charge >= 0.3 is 5.97 Å². The molecule has 0 aromatic heterocycles. The van der Waals surface area contributed by atoms with Gasteiger partial charge < -0.3 is 9.39 Å². The fourth-order valence-corrected chi connectivity index (χ4v) is 2.87. The number of halogens is 1. The summed E-state index contributed by atoms with van der Waals surface area (Å²) < 4.78 is 22.0. The SMILES string of the molecule is CC(Cc1ccccc1Br)(C(=O)ONS(=O)[O-])c1ccccc1. The molecule has 0 radical (unpaired) electrons. The zero-order valence-electron chi connectivity index (χ0n) is 12.3. The van der Waals surface area contributed by atoms with Gasteiger partial charge in [0.2, 0.25) is 0 Å². The van der Waals surface area contributed by atoms with Gasteiger partial charge in [0, 0.05) is 4.47 Å². The number of nitrogens with one attached hydrogen (secondary N) is 1. The number of benzene rings is 2. The van der Waals surface area contributed by atoms with E-state index < -0.39 is 22.7 Å². The van der Waals surface area contributed by atoms with Crippen molar-refractivity contribution in [3.05, 3.63) is 70.2 Å². The van der Waals surface area contributed by atoms with Gasteiger partial charge in [0.1, 0.15) is 0 Å². The first kappa shape index (κ1) is 17.8. The molecule has 23 heavy (non-hydrogen) atoms. The summed E-state index contributed by atoms with van der Waals surface area (Å²) in [7, 11) is 0. The second-order valence-corrected chi connectivity index (χ2v) is 6.66. The summed E-state index contributed by atoms with van der Waals surface area (Å²) in [4.78, 5) is 18.9. The van der Waals surface area contributed by atoms with Gasteiger partial charge in [-0.05, 0) is 30.5 Å². The third kappa shape index (κ3) is 4.48. The number of hydrogen-bond acceptors (Lipinski definition) is 4. The summed E-state index contributed by atoms with van der Waals surface area (Å²) in [6, 6.07) is 16.7. The second-order valence-electron chi connectivity index (χ2n) is 5.17. The largest absolute Gasteiger partial charge is 0.758 e. The summed E-state index contributed by atoms with van der Waals surface area (Å²) in [6.45, 7) is 1.72. The van der Waals surface area contributed by atoms with Crippen molar-refractivity contribution in [2.24, 2.45) is 0 Å². The van der Waals surface area contributed by atoms with Crippen LogP contribution in [0, 0.1) is 0 Å². The van der Waals surface area contributed by atoms with Crippen molar-refractivity contribution in [1.29, 1.82) is 0 Å². The first-order valence-corrected chi connectivity index (χ1v) is 8.65. The maximum atomic E-state index is 12.5. The molecule has 0 saturated heterocycles. The van der Waals surface area contributed by atoms with Gasteiger partial charge in [0.05, 0.1) is 16.7 Å². The predicted molar refractivity (Wildman–Crippen MR) is 89.8 cm³/mol. The van der Waals surface area contributed by atoms with Crippen molar-refractivity contribution < 1.29 is 18.4 Å². The molecule has 0 bridgehead atoms. The van der Waals surface area contributed by atoms with Crippen LogP contribution in [0.3, 0.4) is 0 Å². The molecular weight excluding hydrogens is 382 g/mol. The highest BCUT2D eigenvalue weighted by Gasteiger charge is 2.38. The average Bonchev–Trinajstić information content (AvgIpc) is 2.55. The third-order valence-corrected chi connectivity index (χ3v) is 4.56. The van der Waals surface area contributed by atoms with E-state index in [2.05, 4.69) is 15.9 Å². The smallest absolute Gasteiger partial charge is 0.336 e. The second kappa shape index (κ2) is 7.83. The lowest BCUT2D eigenvalue weighted by Crippen LogP contribution is -2.40. The van der Waals surface area contributed by atoms with Crippen molar-refractivity contribution in [3.63, 3.8) is 0 Å². The van der Waals surface area contributed by atoms with Crippen LogP contribution in [0.4, 0.5) is 0 Å². The zero-order chi connectivity index (χ0) is 16.9. The maximum absolute atomic E-state index is 12.5. The molecule has 7 heteroatoms. The standard InChI is InChI=1S/C16H16BrNO4S/c1-16(13-8-3-2-4-9-13,15(19)22-18-23(20)21)11-12-7-5-6-10-14(12)17/h2-10,18H,11H2,1H3,(H,20,21)/p-1. The van der Waals surface area contributed by atoms with Crippen LogP contribution in [0.1, 0.15) is 18.1 Å². The lowest BCUT2D eigenvalue weighted by Gasteiger charge is -2.28. The molecular formula is C16H15BrNO4S-. The first-order chi connectivity index (χ1) is 10.9. The first-order valence-electron chi connectivity index (χ1n) is 6.78. The molecule has 0 aliphatic carbocycles. The van der Waals surface area contributed by atoms with Crippen LogP contribution in [0.25, 0.3) is 0 Å². The highest BCUT2D eigenvalue weighted by molar-refractivity contribution is 9.10. The minimum absolute atomic E-state index is 0.352. The number of carbonyl (C=O) groups excluding carboxylic acids is 1. The molecule has 0 aliphatic rings. The van der Waals surface area contributed by atoms with E-state index in [9.17, 15) is 13.6 Å². The van der Waals surface area contributed by atoms with E-state index in [0.29, 0.717) is 6.42 Å². The molecule has 2 rings (SSSR count). The molecule has 0 saturated carbocycles. The van der Waals surface area contributed by atoms with Gasteiger partial charge in [0.25, 0.3) is 0 Å². The van der Waals surface area contributed by atoms with Crippen LogP contribution in [-0.4, -0.2) is 14.7 Å². The Hall–Kier alpha value is -1.54. The lowest BCUT2D eigenvalue weighted by atomic mass is 9.77. The van der Waals surface area contributed by atoms with Crippen molar-refractivity contribution in [3.8, 4) is 0 Å². The molecule has 2 aromatic rings.